The number of hydrogen-bond acceptors (Lipinski definition) is 6. The summed E-state index contributed by atoms with van der Waals surface area (Å²) in [4.78, 5) is 4.46. The van der Waals surface area contributed by atoms with E-state index in [0.717, 1.165) is 30.0 Å². The number of nitrogens with zero attached hydrogens (tertiary/aromatic N) is 2. The van der Waals surface area contributed by atoms with Crippen molar-refractivity contribution in [2.45, 2.75) is 19.4 Å². The highest BCUT2D eigenvalue weighted by atomic mass is 16.5. The molecule has 1 unspecified atom stereocenters. The summed E-state index contributed by atoms with van der Waals surface area (Å²) in [6, 6.07) is 6.14. The lowest BCUT2D eigenvalue weighted by atomic mass is 10.1. The number of methoxy groups -OCH3 is 1. The predicted molar refractivity (Wildman–Crippen MR) is 77.3 cm³/mol. The first-order valence-corrected chi connectivity index (χ1v) is 7.05. The molecule has 0 saturated carbocycles. The average Bonchev–Trinajstić information content (AvgIpc) is 2.96. The van der Waals surface area contributed by atoms with Crippen molar-refractivity contribution in [1.29, 1.82) is 0 Å². The first-order chi connectivity index (χ1) is 10.3. The van der Waals surface area contributed by atoms with Crippen molar-refractivity contribution in [3.63, 3.8) is 0 Å². The fourth-order valence-corrected chi connectivity index (χ4v) is 2.39. The highest BCUT2D eigenvalue weighted by Gasteiger charge is 2.19. The zero-order chi connectivity index (χ0) is 14.7. The van der Waals surface area contributed by atoms with Crippen LogP contribution < -0.4 is 10.1 Å². The van der Waals surface area contributed by atoms with E-state index in [4.69, 9.17) is 14.0 Å². The summed E-state index contributed by atoms with van der Waals surface area (Å²) in [5, 5.41) is 7.42. The van der Waals surface area contributed by atoms with Crippen molar-refractivity contribution >= 4 is 0 Å². The van der Waals surface area contributed by atoms with E-state index in [9.17, 15) is 0 Å². The van der Waals surface area contributed by atoms with Crippen molar-refractivity contribution in [1.82, 2.24) is 15.5 Å². The first-order valence-electron chi connectivity index (χ1n) is 7.05. The second-order valence-electron chi connectivity index (χ2n) is 5.15. The van der Waals surface area contributed by atoms with Crippen LogP contribution in [0.15, 0.2) is 22.7 Å². The maximum atomic E-state index is 5.42. The van der Waals surface area contributed by atoms with Crippen LogP contribution >= 0.6 is 0 Å². The molecule has 3 rings (SSSR count). The molecule has 2 aromatic rings. The van der Waals surface area contributed by atoms with Crippen molar-refractivity contribution in [3.8, 4) is 17.1 Å². The summed E-state index contributed by atoms with van der Waals surface area (Å²) in [6.07, 6.45) is 0.668. The largest absolute Gasteiger partial charge is 0.496 e. The summed E-state index contributed by atoms with van der Waals surface area (Å²) in [6.45, 7) is 4.30. The van der Waals surface area contributed by atoms with E-state index in [2.05, 4.69) is 15.5 Å². The molecule has 0 radical (unpaired) electrons. The fourth-order valence-electron chi connectivity index (χ4n) is 2.39. The predicted octanol–water partition coefficient (Wildman–Crippen LogP) is 1.58. The molecule has 2 heterocycles. The smallest absolute Gasteiger partial charge is 0.228 e. The zero-order valence-electron chi connectivity index (χ0n) is 12.3. The van der Waals surface area contributed by atoms with Crippen LogP contribution in [0.1, 0.15) is 11.5 Å². The molecule has 1 atom stereocenters. The summed E-state index contributed by atoms with van der Waals surface area (Å²) < 4.78 is 16.1. The van der Waals surface area contributed by atoms with Gasteiger partial charge in [0, 0.05) is 19.0 Å². The molecule has 1 N–H and O–H groups in total. The molecule has 1 aliphatic rings. The summed E-state index contributed by atoms with van der Waals surface area (Å²) in [7, 11) is 1.64. The highest BCUT2D eigenvalue weighted by molar-refractivity contribution is 5.64. The van der Waals surface area contributed by atoms with E-state index in [0.29, 0.717) is 24.7 Å². The van der Waals surface area contributed by atoms with Crippen LogP contribution in [0.4, 0.5) is 0 Å². The monoisotopic (exact) mass is 289 g/mol. The quantitative estimate of drug-likeness (QED) is 0.921. The molecule has 21 heavy (non-hydrogen) atoms. The molecular weight excluding hydrogens is 270 g/mol. The number of benzene rings is 1. The van der Waals surface area contributed by atoms with Gasteiger partial charge in [-0.25, -0.2) is 0 Å². The second-order valence-corrected chi connectivity index (χ2v) is 5.15. The van der Waals surface area contributed by atoms with Gasteiger partial charge in [0.15, 0.2) is 0 Å². The van der Waals surface area contributed by atoms with Crippen molar-refractivity contribution < 1.29 is 14.0 Å². The van der Waals surface area contributed by atoms with Gasteiger partial charge in [-0.3, -0.25) is 0 Å². The second kappa shape index (κ2) is 6.24. The Labute approximate surface area is 123 Å². The number of nitrogens with one attached hydrogen (secondary N) is 1. The maximum absolute atomic E-state index is 5.42. The van der Waals surface area contributed by atoms with Gasteiger partial charge in [-0.15, -0.1) is 0 Å². The molecule has 1 fully saturated rings. The van der Waals surface area contributed by atoms with Crippen LogP contribution in [0.5, 0.6) is 5.75 Å². The third-order valence-electron chi connectivity index (χ3n) is 3.49. The molecule has 0 amide bonds. The molecule has 1 aliphatic heterocycles. The molecule has 1 aromatic carbocycles. The molecular formula is C15H19N3O3. The van der Waals surface area contributed by atoms with E-state index >= 15 is 0 Å². The van der Waals surface area contributed by atoms with Crippen molar-refractivity contribution in [2.75, 3.05) is 26.9 Å². The minimum absolute atomic E-state index is 0.229. The Morgan fingerprint density at radius 3 is 3.10 bits per heavy atom. The number of aryl methyl sites for hydroxylation is 1. The molecule has 112 valence electrons. The third kappa shape index (κ3) is 3.22. The van der Waals surface area contributed by atoms with Gasteiger partial charge in [0.2, 0.25) is 11.7 Å². The van der Waals surface area contributed by atoms with Gasteiger partial charge in [0.05, 0.1) is 25.9 Å². The minimum atomic E-state index is 0.229. The van der Waals surface area contributed by atoms with E-state index in [1.165, 1.54) is 0 Å². The highest BCUT2D eigenvalue weighted by Crippen LogP contribution is 2.28. The number of aromatic nitrogens is 2. The third-order valence-corrected chi connectivity index (χ3v) is 3.49. The molecule has 6 heteroatoms. The molecule has 0 spiro atoms. The molecule has 1 aromatic heterocycles. The van der Waals surface area contributed by atoms with E-state index in [1.54, 1.807) is 7.11 Å². The number of morpholine rings is 1. The molecule has 0 bridgehead atoms. The van der Waals surface area contributed by atoms with Crippen molar-refractivity contribution in [3.05, 3.63) is 29.7 Å². The first kappa shape index (κ1) is 14.0. The van der Waals surface area contributed by atoms with Gasteiger partial charge in [-0.2, -0.15) is 4.98 Å². The maximum Gasteiger partial charge on any atom is 0.228 e. The number of ether oxygens (including phenoxy) is 2. The number of hydrogen-bond donors (Lipinski definition) is 1. The molecule has 0 aliphatic carbocycles. The normalized spacial score (nSPS) is 18.7. The van der Waals surface area contributed by atoms with Crippen molar-refractivity contribution in [2.24, 2.45) is 0 Å². The topological polar surface area (TPSA) is 69.4 Å². The van der Waals surface area contributed by atoms with E-state index < -0.39 is 0 Å². The average molecular weight is 289 g/mol. The lowest BCUT2D eigenvalue weighted by Crippen LogP contribution is -2.42. The lowest BCUT2D eigenvalue weighted by molar-refractivity contribution is 0.0744. The minimum Gasteiger partial charge on any atom is -0.496 e. The van der Waals surface area contributed by atoms with E-state index in [1.807, 2.05) is 25.1 Å². The van der Waals surface area contributed by atoms with Gasteiger partial charge in [0.25, 0.3) is 0 Å². The summed E-state index contributed by atoms with van der Waals surface area (Å²) in [5.41, 5.74) is 1.97. The Kier molecular flexibility index (Phi) is 4.17. The molecule has 1 saturated heterocycles. The standard InChI is InChI=1S/C15H19N3O3/c1-10-3-4-12(13(7-10)19-2)15-17-14(21-18-15)8-11-9-20-6-5-16-11/h3-4,7,11,16H,5-6,8-9H2,1-2H3. The van der Waals surface area contributed by atoms with E-state index in [-0.39, 0.29) is 6.04 Å². The van der Waals surface area contributed by atoms with Crippen LogP contribution in [0.3, 0.4) is 0 Å². The Hall–Kier alpha value is -1.92. The van der Waals surface area contributed by atoms with Crippen LogP contribution in [-0.4, -0.2) is 43.1 Å². The lowest BCUT2D eigenvalue weighted by Gasteiger charge is -2.22. The van der Waals surface area contributed by atoms with Crippen LogP contribution in [0.2, 0.25) is 0 Å². The number of rotatable bonds is 4. The fraction of sp³-hybridized carbons (Fsp3) is 0.467. The summed E-state index contributed by atoms with van der Waals surface area (Å²) >= 11 is 0. The Morgan fingerprint density at radius 2 is 2.33 bits per heavy atom. The summed E-state index contributed by atoms with van der Waals surface area (Å²) in [5.74, 6) is 1.91. The van der Waals surface area contributed by atoms with Gasteiger partial charge in [-0.05, 0) is 24.6 Å². The van der Waals surface area contributed by atoms with Crippen LogP contribution in [0, 0.1) is 6.92 Å². The van der Waals surface area contributed by atoms with Gasteiger partial charge < -0.3 is 19.3 Å². The van der Waals surface area contributed by atoms with Gasteiger partial charge >= 0.3 is 0 Å². The van der Waals surface area contributed by atoms with Gasteiger partial charge in [0.1, 0.15) is 5.75 Å². The Balaban J connectivity index is 1.78. The SMILES string of the molecule is COc1cc(C)ccc1-c1noc(CC2COCCN2)n1. The zero-order valence-corrected chi connectivity index (χ0v) is 12.3. The van der Waals surface area contributed by atoms with Crippen LogP contribution in [0.25, 0.3) is 11.4 Å². The molecule has 6 nitrogen and oxygen atoms in total. The Morgan fingerprint density at radius 1 is 1.43 bits per heavy atom. The van der Waals surface area contributed by atoms with Crippen LogP contribution in [-0.2, 0) is 11.2 Å². The van der Waals surface area contributed by atoms with Gasteiger partial charge in [-0.1, -0.05) is 11.2 Å². The Bertz CT molecular complexity index is 606.